The van der Waals surface area contributed by atoms with Crippen molar-refractivity contribution < 1.29 is 9.84 Å². The predicted molar refractivity (Wildman–Crippen MR) is 97.0 cm³/mol. The summed E-state index contributed by atoms with van der Waals surface area (Å²) in [6, 6.07) is 3.70. The Kier molecular flexibility index (Phi) is 6.52. The summed E-state index contributed by atoms with van der Waals surface area (Å²) >= 11 is 0. The van der Waals surface area contributed by atoms with E-state index in [0.29, 0.717) is 5.82 Å². The van der Waals surface area contributed by atoms with Crippen LogP contribution < -0.4 is 5.32 Å². The number of aliphatic hydroxyl groups excluding tert-OH is 1. The van der Waals surface area contributed by atoms with Crippen molar-refractivity contribution in [2.24, 2.45) is 0 Å². The molecule has 0 aliphatic carbocycles. The number of anilines is 1. The Labute approximate surface area is 142 Å². The third-order valence-electron chi connectivity index (χ3n) is 3.65. The molecule has 0 aliphatic heterocycles. The fourth-order valence-electron chi connectivity index (χ4n) is 2.24. The van der Waals surface area contributed by atoms with E-state index < -0.39 is 0 Å². The van der Waals surface area contributed by atoms with Gasteiger partial charge in [0.2, 0.25) is 0 Å². The molecule has 0 aliphatic rings. The van der Waals surface area contributed by atoms with E-state index in [-0.39, 0.29) is 18.8 Å². The van der Waals surface area contributed by atoms with Crippen LogP contribution in [-0.4, -0.2) is 45.6 Å². The van der Waals surface area contributed by atoms with Crippen LogP contribution in [0.25, 0.3) is 11.2 Å². The highest BCUT2D eigenvalue weighted by Crippen LogP contribution is 2.20. The molecular formula is C18H26N4O2. The maximum atomic E-state index is 9.19. The summed E-state index contributed by atoms with van der Waals surface area (Å²) < 4.78 is 7.17. The summed E-state index contributed by atoms with van der Waals surface area (Å²) in [5.74, 6) is 0.696. The Morgan fingerprint density at radius 1 is 1.42 bits per heavy atom. The zero-order chi connectivity index (χ0) is 17.5. The van der Waals surface area contributed by atoms with Crippen LogP contribution in [0.15, 0.2) is 36.6 Å². The van der Waals surface area contributed by atoms with E-state index in [9.17, 15) is 5.11 Å². The van der Waals surface area contributed by atoms with Gasteiger partial charge in [0.25, 0.3) is 0 Å². The van der Waals surface area contributed by atoms with Crippen molar-refractivity contribution in [3.05, 3.63) is 42.3 Å². The van der Waals surface area contributed by atoms with Gasteiger partial charge in [-0.3, -0.25) is 0 Å². The fraction of sp³-hybridized carbons (Fsp3) is 0.444. The van der Waals surface area contributed by atoms with Gasteiger partial charge in [-0.05, 0) is 38.5 Å². The van der Waals surface area contributed by atoms with Gasteiger partial charge in [0.15, 0.2) is 5.65 Å². The van der Waals surface area contributed by atoms with Crippen LogP contribution in [0.1, 0.15) is 32.9 Å². The molecule has 2 heterocycles. The number of nitrogens with zero attached hydrogens (tertiary/aromatic N) is 3. The number of hydrogen-bond acceptors (Lipinski definition) is 5. The van der Waals surface area contributed by atoms with Gasteiger partial charge in [-0.1, -0.05) is 19.1 Å². The SMILES string of the molecule is CC/C=C\C(=C/C(C)OC)c1cnc2ccc(N[C@H](C)CO)nn12. The van der Waals surface area contributed by atoms with E-state index in [0.717, 1.165) is 23.3 Å². The molecular weight excluding hydrogens is 304 g/mol. The molecule has 0 saturated carbocycles. The topological polar surface area (TPSA) is 71.7 Å². The highest BCUT2D eigenvalue weighted by molar-refractivity contribution is 5.73. The number of aromatic nitrogens is 3. The molecule has 0 aromatic carbocycles. The maximum absolute atomic E-state index is 9.19. The Morgan fingerprint density at radius 2 is 2.21 bits per heavy atom. The van der Waals surface area contributed by atoms with Crippen LogP contribution in [0.2, 0.25) is 0 Å². The molecule has 2 N–H and O–H groups in total. The molecule has 2 aromatic heterocycles. The molecule has 24 heavy (non-hydrogen) atoms. The average Bonchev–Trinajstić information content (AvgIpc) is 3.01. The van der Waals surface area contributed by atoms with Gasteiger partial charge in [-0.15, -0.1) is 5.10 Å². The summed E-state index contributed by atoms with van der Waals surface area (Å²) in [4.78, 5) is 4.43. The number of imidazole rings is 1. The van der Waals surface area contributed by atoms with E-state index in [1.54, 1.807) is 11.6 Å². The van der Waals surface area contributed by atoms with Crippen LogP contribution in [0.3, 0.4) is 0 Å². The Morgan fingerprint density at radius 3 is 2.88 bits per heavy atom. The van der Waals surface area contributed by atoms with E-state index in [4.69, 9.17) is 4.74 Å². The lowest BCUT2D eigenvalue weighted by atomic mass is 10.1. The van der Waals surface area contributed by atoms with Gasteiger partial charge in [0.05, 0.1) is 24.6 Å². The van der Waals surface area contributed by atoms with Crippen molar-refractivity contribution in [1.29, 1.82) is 0 Å². The lowest BCUT2D eigenvalue weighted by Gasteiger charge is -2.12. The molecule has 6 heteroatoms. The average molecular weight is 330 g/mol. The van der Waals surface area contributed by atoms with Gasteiger partial charge < -0.3 is 15.2 Å². The first kappa shape index (κ1) is 18.2. The molecule has 0 fully saturated rings. The van der Waals surface area contributed by atoms with Gasteiger partial charge in [0, 0.05) is 18.7 Å². The second-order valence-electron chi connectivity index (χ2n) is 5.73. The smallest absolute Gasteiger partial charge is 0.154 e. The minimum atomic E-state index is -0.0644. The van der Waals surface area contributed by atoms with Crippen LogP contribution in [0.4, 0.5) is 5.82 Å². The standard InChI is InChI=1S/C18H26N4O2/c1-5-6-7-15(10-14(3)24-4)16-11-19-18-9-8-17(21-22(16)18)20-13(2)12-23/h6-11,13-14,23H,5,12H2,1-4H3,(H,20,21)/b7-6-,15-10+/t13-,14?/m1/s1. The molecule has 0 radical (unpaired) electrons. The van der Waals surface area contributed by atoms with E-state index in [1.165, 1.54) is 0 Å². The Balaban J connectivity index is 2.46. The lowest BCUT2D eigenvalue weighted by molar-refractivity contribution is 0.156. The number of methoxy groups -OCH3 is 1. The summed E-state index contributed by atoms with van der Waals surface area (Å²) in [5, 5.41) is 17.0. The molecule has 2 aromatic rings. The number of allylic oxidation sites excluding steroid dienone is 3. The van der Waals surface area contributed by atoms with Crippen LogP contribution in [-0.2, 0) is 4.74 Å². The normalized spacial score (nSPS) is 15.1. The van der Waals surface area contributed by atoms with Crippen LogP contribution in [0, 0.1) is 0 Å². The minimum Gasteiger partial charge on any atom is -0.394 e. The Hall–Kier alpha value is -2.18. The molecule has 1 unspecified atom stereocenters. The first-order chi connectivity index (χ1) is 11.6. The van der Waals surface area contributed by atoms with Crippen molar-refractivity contribution in [2.75, 3.05) is 19.0 Å². The van der Waals surface area contributed by atoms with Gasteiger partial charge in [-0.2, -0.15) is 0 Å². The van der Waals surface area contributed by atoms with Gasteiger partial charge >= 0.3 is 0 Å². The molecule has 6 nitrogen and oxygen atoms in total. The van der Waals surface area contributed by atoms with Crippen LogP contribution in [0.5, 0.6) is 0 Å². The molecule has 2 rings (SSSR count). The first-order valence-electron chi connectivity index (χ1n) is 8.22. The number of ether oxygens (including phenoxy) is 1. The summed E-state index contributed by atoms with van der Waals surface area (Å²) in [6.07, 6.45) is 8.97. The van der Waals surface area contributed by atoms with E-state index in [2.05, 4.69) is 34.5 Å². The van der Waals surface area contributed by atoms with Crippen LogP contribution >= 0.6 is 0 Å². The molecule has 0 spiro atoms. The predicted octanol–water partition coefficient (Wildman–Crippen LogP) is 2.91. The monoisotopic (exact) mass is 330 g/mol. The van der Waals surface area contributed by atoms with Gasteiger partial charge in [-0.25, -0.2) is 9.50 Å². The zero-order valence-corrected chi connectivity index (χ0v) is 14.7. The zero-order valence-electron chi connectivity index (χ0n) is 14.7. The lowest BCUT2D eigenvalue weighted by Crippen LogP contribution is -2.20. The quantitative estimate of drug-likeness (QED) is 0.728. The summed E-state index contributed by atoms with van der Waals surface area (Å²) in [6.45, 7) is 6.04. The molecule has 0 amide bonds. The number of aliphatic hydroxyl groups is 1. The Bertz CT molecular complexity index is 721. The maximum Gasteiger partial charge on any atom is 0.154 e. The third kappa shape index (κ3) is 4.43. The fourth-order valence-corrected chi connectivity index (χ4v) is 2.24. The third-order valence-corrected chi connectivity index (χ3v) is 3.65. The molecule has 0 saturated heterocycles. The second kappa shape index (κ2) is 8.61. The highest BCUT2D eigenvalue weighted by atomic mass is 16.5. The van der Waals surface area contributed by atoms with Crippen molar-refractivity contribution in [3.8, 4) is 0 Å². The van der Waals surface area contributed by atoms with Crippen molar-refractivity contribution in [1.82, 2.24) is 14.6 Å². The molecule has 0 bridgehead atoms. The number of nitrogens with one attached hydrogen (secondary N) is 1. The van der Waals surface area contributed by atoms with E-state index >= 15 is 0 Å². The van der Waals surface area contributed by atoms with Crippen molar-refractivity contribution in [2.45, 2.75) is 39.3 Å². The number of hydrogen-bond donors (Lipinski definition) is 2. The largest absolute Gasteiger partial charge is 0.394 e. The highest BCUT2D eigenvalue weighted by Gasteiger charge is 2.11. The van der Waals surface area contributed by atoms with Gasteiger partial charge in [0.1, 0.15) is 5.82 Å². The van der Waals surface area contributed by atoms with E-state index in [1.807, 2.05) is 38.3 Å². The summed E-state index contributed by atoms with van der Waals surface area (Å²) in [5.41, 5.74) is 2.69. The molecule has 2 atom stereocenters. The second-order valence-corrected chi connectivity index (χ2v) is 5.73. The minimum absolute atomic E-state index is 0.0113. The summed E-state index contributed by atoms with van der Waals surface area (Å²) in [7, 11) is 1.69. The van der Waals surface area contributed by atoms with Crippen molar-refractivity contribution in [3.63, 3.8) is 0 Å². The van der Waals surface area contributed by atoms with Crippen molar-refractivity contribution >= 4 is 17.0 Å². The first-order valence-corrected chi connectivity index (χ1v) is 8.22. The number of rotatable bonds is 8. The number of fused-ring (bicyclic) bond motifs is 1. The molecule has 130 valence electrons.